The summed E-state index contributed by atoms with van der Waals surface area (Å²) in [5, 5.41) is 11.1. The minimum atomic E-state index is -0.560. The van der Waals surface area contributed by atoms with Crippen LogP contribution in [0, 0.1) is 16.0 Å². The molecule has 3 aromatic rings. The van der Waals surface area contributed by atoms with Crippen LogP contribution in [0.15, 0.2) is 33.9 Å². The van der Waals surface area contributed by atoms with E-state index in [2.05, 4.69) is 11.9 Å². The van der Waals surface area contributed by atoms with Crippen molar-refractivity contribution in [3.63, 3.8) is 0 Å². The van der Waals surface area contributed by atoms with Gasteiger partial charge < -0.3 is 4.90 Å². The molecule has 0 bridgehead atoms. The molecule has 1 saturated heterocycles. The van der Waals surface area contributed by atoms with Crippen LogP contribution in [0.1, 0.15) is 30.1 Å². The molecule has 1 aromatic carbocycles. The van der Waals surface area contributed by atoms with Crippen molar-refractivity contribution in [3.05, 3.63) is 60.8 Å². The van der Waals surface area contributed by atoms with Gasteiger partial charge in [-0.3, -0.25) is 33.4 Å². The summed E-state index contributed by atoms with van der Waals surface area (Å²) in [4.78, 5) is 55.7. The maximum absolute atomic E-state index is 13.1. The molecule has 0 aliphatic carbocycles. The topological polar surface area (TPSA) is 125 Å². The Morgan fingerprint density at radius 2 is 1.88 bits per heavy atom. The van der Waals surface area contributed by atoms with Crippen LogP contribution in [0.5, 0.6) is 0 Å². The number of non-ortho nitro benzene ring substituents is 1. The van der Waals surface area contributed by atoms with E-state index in [-0.39, 0.29) is 29.0 Å². The number of piperidine rings is 1. The third-order valence-electron chi connectivity index (χ3n) is 6.07. The molecule has 168 valence electrons. The average molecular weight is 440 g/mol. The van der Waals surface area contributed by atoms with Crippen molar-refractivity contribution in [1.82, 2.24) is 18.7 Å². The van der Waals surface area contributed by atoms with Crippen LogP contribution in [0.2, 0.25) is 0 Å². The largest absolute Gasteiger partial charge is 0.342 e. The number of rotatable bonds is 5. The highest BCUT2D eigenvalue weighted by Crippen LogP contribution is 2.26. The predicted octanol–water partition coefficient (Wildman–Crippen LogP) is 1.46. The molecule has 0 radical (unpaired) electrons. The normalized spacial score (nSPS) is 14.8. The second kappa shape index (κ2) is 8.06. The van der Waals surface area contributed by atoms with Crippen LogP contribution < -0.4 is 16.1 Å². The Labute approximate surface area is 182 Å². The first-order valence-electron chi connectivity index (χ1n) is 10.4. The molecule has 3 heterocycles. The number of aryl methyl sites for hydroxylation is 1. The molecular weight excluding hydrogens is 416 g/mol. The van der Waals surface area contributed by atoms with Crippen LogP contribution in [-0.2, 0) is 20.6 Å². The number of carbonyl (C=O) groups is 1. The first kappa shape index (κ1) is 21.5. The highest BCUT2D eigenvalue weighted by Gasteiger charge is 2.26. The van der Waals surface area contributed by atoms with Gasteiger partial charge in [0, 0.05) is 44.9 Å². The number of aromatic nitrogens is 4. The summed E-state index contributed by atoms with van der Waals surface area (Å²) in [6.07, 6.45) is 1.89. The SMILES string of the molecule is CC1CCN(c2nc3c(c(=O)n(C)c(=O)n3C)n2CC(=O)c2cccc([N+](=O)[O-])c2)CC1. The van der Waals surface area contributed by atoms with Gasteiger partial charge in [0.05, 0.1) is 11.5 Å². The van der Waals surface area contributed by atoms with E-state index in [1.165, 1.54) is 47.5 Å². The van der Waals surface area contributed by atoms with Crippen LogP contribution in [0.4, 0.5) is 11.6 Å². The van der Waals surface area contributed by atoms with E-state index in [9.17, 15) is 24.5 Å². The minimum Gasteiger partial charge on any atom is -0.342 e. The number of nitro benzene ring substituents is 1. The smallest absolute Gasteiger partial charge is 0.332 e. The number of nitro groups is 1. The lowest BCUT2D eigenvalue weighted by atomic mass is 10.00. The fraction of sp³-hybridized carbons (Fsp3) is 0.429. The van der Waals surface area contributed by atoms with Crippen LogP contribution in [0.25, 0.3) is 11.2 Å². The second-order valence-electron chi connectivity index (χ2n) is 8.28. The maximum atomic E-state index is 13.1. The molecule has 11 nitrogen and oxygen atoms in total. The quantitative estimate of drug-likeness (QED) is 0.334. The minimum absolute atomic E-state index is 0.155. The van der Waals surface area contributed by atoms with Crippen LogP contribution >= 0.6 is 0 Å². The zero-order valence-electron chi connectivity index (χ0n) is 18.1. The molecule has 0 spiro atoms. The number of imidazole rings is 1. The molecule has 1 aliphatic heterocycles. The van der Waals surface area contributed by atoms with Gasteiger partial charge in [-0.1, -0.05) is 19.1 Å². The van der Waals surface area contributed by atoms with Crippen molar-refractivity contribution in [3.8, 4) is 0 Å². The number of hydrogen-bond acceptors (Lipinski definition) is 7. The predicted molar refractivity (Wildman–Crippen MR) is 118 cm³/mol. The van der Waals surface area contributed by atoms with Crippen LogP contribution in [0.3, 0.4) is 0 Å². The number of nitrogens with zero attached hydrogens (tertiary/aromatic N) is 6. The molecule has 4 rings (SSSR count). The van der Waals surface area contributed by atoms with Crippen molar-refractivity contribution >= 4 is 28.6 Å². The van der Waals surface area contributed by atoms with E-state index in [1.54, 1.807) is 0 Å². The van der Waals surface area contributed by atoms with Gasteiger partial charge in [-0.25, -0.2) is 4.79 Å². The second-order valence-corrected chi connectivity index (χ2v) is 8.28. The highest BCUT2D eigenvalue weighted by molar-refractivity contribution is 5.97. The van der Waals surface area contributed by atoms with Gasteiger partial charge in [-0.05, 0) is 18.8 Å². The number of benzene rings is 1. The summed E-state index contributed by atoms with van der Waals surface area (Å²) in [6.45, 7) is 3.37. The summed E-state index contributed by atoms with van der Waals surface area (Å²) in [5.74, 6) is 0.618. The Bertz CT molecular complexity index is 1340. The summed E-state index contributed by atoms with van der Waals surface area (Å²) >= 11 is 0. The first-order chi connectivity index (χ1) is 15.2. The number of ketones is 1. The van der Waals surface area contributed by atoms with E-state index in [0.717, 1.165) is 17.4 Å². The van der Waals surface area contributed by atoms with E-state index in [1.807, 2.05) is 4.90 Å². The molecular formula is C21H24N6O5. The summed E-state index contributed by atoms with van der Waals surface area (Å²) in [7, 11) is 2.91. The van der Waals surface area contributed by atoms with E-state index in [4.69, 9.17) is 0 Å². The van der Waals surface area contributed by atoms with Gasteiger partial charge in [0.15, 0.2) is 16.9 Å². The third-order valence-corrected chi connectivity index (χ3v) is 6.07. The lowest BCUT2D eigenvalue weighted by Gasteiger charge is -2.31. The Kier molecular flexibility index (Phi) is 5.41. The lowest BCUT2D eigenvalue weighted by Crippen LogP contribution is -2.38. The number of hydrogen-bond donors (Lipinski definition) is 0. The summed E-state index contributed by atoms with van der Waals surface area (Å²) in [6, 6.07) is 5.49. The summed E-state index contributed by atoms with van der Waals surface area (Å²) < 4.78 is 3.82. The Balaban J connectivity index is 1.86. The van der Waals surface area contributed by atoms with Gasteiger partial charge in [0.25, 0.3) is 11.2 Å². The molecule has 0 unspecified atom stereocenters. The van der Waals surface area contributed by atoms with Gasteiger partial charge in [0.1, 0.15) is 0 Å². The fourth-order valence-corrected chi connectivity index (χ4v) is 4.06. The molecule has 0 N–H and O–H groups in total. The lowest BCUT2D eigenvalue weighted by molar-refractivity contribution is -0.384. The van der Waals surface area contributed by atoms with Gasteiger partial charge in [-0.2, -0.15) is 4.98 Å². The fourth-order valence-electron chi connectivity index (χ4n) is 4.06. The average Bonchev–Trinajstić information content (AvgIpc) is 3.16. The molecule has 32 heavy (non-hydrogen) atoms. The molecule has 11 heteroatoms. The number of fused-ring (bicyclic) bond motifs is 1. The highest BCUT2D eigenvalue weighted by atomic mass is 16.6. The molecule has 0 atom stereocenters. The van der Waals surface area contributed by atoms with E-state index >= 15 is 0 Å². The van der Waals surface area contributed by atoms with Crippen molar-refractivity contribution in [2.75, 3.05) is 18.0 Å². The number of carbonyl (C=O) groups excluding carboxylic acids is 1. The number of anilines is 1. The zero-order chi connectivity index (χ0) is 23.2. The van der Waals surface area contributed by atoms with Crippen LogP contribution in [-0.4, -0.2) is 42.5 Å². The zero-order valence-corrected chi connectivity index (χ0v) is 18.1. The van der Waals surface area contributed by atoms with Crippen molar-refractivity contribution in [2.24, 2.45) is 20.0 Å². The van der Waals surface area contributed by atoms with Crippen molar-refractivity contribution in [1.29, 1.82) is 0 Å². The number of Topliss-reactive ketones (excluding diaryl/α,β-unsaturated/α-hetero) is 1. The molecule has 2 aromatic heterocycles. The monoisotopic (exact) mass is 440 g/mol. The van der Waals surface area contributed by atoms with Gasteiger partial charge in [-0.15, -0.1) is 0 Å². The Morgan fingerprint density at radius 1 is 1.19 bits per heavy atom. The van der Waals surface area contributed by atoms with Gasteiger partial charge >= 0.3 is 5.69 Å². The third kappa shape index (κ3) is 3.59. The Hall–Kier alpha value is -3.76. The molecule has 1 aliphatic rings. The summed E-state index contributed by atoms with van der Waals surface area (Å²) in [5.41, 5.74) is -0.702. The van der Waals surface area contributed by atoms with Crippen molar-refractivity contribution < 1.29 is 9.72 Å². The van der Waals surface area contributed by atoms with Gasteiger partial charge in [0.2, 0.25) is 5.95 Å². The van der Waals surface area contributed by atoms with E-state index < -0.39 is 22.0 Å². The maximum Gasteiger partial charge on any atom is 0.332 e. The first-order valence-corrected chi connectivity index (χ1v) is 10.4. The molecule has 1 fully saturated rings. The standard InChI is InChI=1S/C21H24N6O5/c1-13-7-9-25(10-8-13)20-22-18-17(19(29)24(3)21(30)23(18)2)26(20)12-16(28)14-5-4-6-15(11-14)27(31)32/h4-6,11,13H,7-10,12H2,1-3H3. The van der Waals surface area contributed by atoms with E-state index in [0.29, 0.717) is 25.0 Å². The Morgan fingerprint density at radius 3 is 2.53 bits per heavy atom. The van der Waals surface area contributed by atoms with Crippen molar-refractivity contribution in [2.45, 2.75) is 26.3 Å². The molecule has 0 saturated carbocycles. The molecule has 0 amide bonds.